The first-order chi connectivity index (χ1) is 34.7. The Morgan fingerprint density at radius 1 is 0.129 bits per heavy atom. The van der Waals surface area contributed by atoms with E-state index in [0.717, 1.165) is 0 Å². The molecule has 324 valence electrons. The molecule has 0 amide bonds. The molecule has 0 heterocycles. The lowest BCUT2D eigenvalue weighted by atomic mass is 9.86. The molecule has 0 atom stereocenters. The minimum Gasteiger partial charge on any atom is -0.0616 e. The second kappa shape index (κ2) is 16.3. The van der Waals surface area contributed by atoms with Gasteiger partial charge in [-0.05, 0) is 179 Å². The van der Waals surface area contributed by atoms with Crippen molar-refractivity contribution < 1.29 is 0 Å². The molecule has 0 heteroatoms. The van der Waals surface area contributed by atoms with Gasteiger partial charge in [-0.15, -0.1) is 0 Å². The highest BCUT2D eigenvalue weighted by molar-refractivity contribution is 6.24. The van der Waals surface area contributed by atoms with Gasteiger partial charge in [0, 0.05) is 0 Å². The van der Waals surface area contributed by atoms with E-state index in [9.17, 15) is 0 Å². The van der Waals surface area contributed by atoms with Crippen molar-refractivity contribution in [2.24, 2.45) is 0 Å². The van der Waals surface area contributed by atoms with Crippen LogP contribution in [0.25, 0.3) is 142 Å². The van der Waals surface area contributed by atoms with E-state index in [1.54, 1.807) is 0 Å². The Kier molecular flexibility index (Phi) is 9.32. The van der Waals surface area contributed by atoms with Crippen LogP contribution in [0.5, 0.6) is 0 Å². The van der Waals surface area contributed by atoms with Gasteiger partial charge in [-0.3, -0.25) is 0 Å². The van der Waals surface area contributed by atoms with Crippen molar-refractivity contribution >= 4 is 75.4 Å². The molecule has 0 bridgehead atoms. The van der Waals surface area contributed by atoms with Crippen molar-refractivity contribution in [2.75, 3.05) is 0 Å². The molecular formula is C70H44. The standard InChI is InChI=1S/C70H44/c1-3-17-47-39-53(33-31-45(47)15-1)57-37-35-55(59-23-5-7-25-61(57)59)49-19-13-21-51(41-49)67-43-69-66-30-12-10-28-64(66)68(44-70(69)65-29-11-9-27-63(65)67)52-22-14-20-50(42-52)56-36-38-58(62-26-8-6-24-60(56)62)54-34-32-46-16-2-4-18-48(46)40-54/h1-44H. The van der Waals surface area contributed by atoms with Crippen LogP contribution in [-0.4, -0.2) is 0 Å². The second-order valence-electron chi connectivity index (χ2n) is 18.7. The molecule has 0 aliphatic carbocycles. The zero-order chi connectivity index (χ0) is 46.1. The summed E-state index contributed by atoms with van der Waals surface area (Å²) in [4.78, 5) is 0. The van der Waals surface area contributed by atoms with E-state index in [2.05, 4.69) is 267 Å². The predicted molar refractivity (Wildman–Crippen MR) is 302 cm³/mol. The number of fused-ring (bicyclic) bond motifs is 9. The molecule has 0 spiro atoms. The van der Waals surface area contributed by atoms with Gasteiger partial charge in [0.25, 0.3) is 0 Å². The van der Waals surface area contributed by atoms with E-state index >= 15 is 0 Å². The van der Waals surface area contributed by atoms with E-state index in [1.807, 2.05) is 0 Å². The summed E-state index contributed by atoms with van der Waals surface area (Å²) in [6, 6.07) is 99.0. The summed E-state index contributed by atoms with van der Waals surface area (Å²) in [5, 5.41) is 17.6. The molecule has 0 radical (unpaired) electrons. The average molecular weight is 885 g/mol. The minimum absolute atomic E-state index is 1.21. The minimum atomic E-state index is 1.21. The van der Waals surface area contributed by atoms with Crippen LogP contribution in [0.15, 0.2) is 267 Å². The highest BCUT2D eigenvalue weighted by atomic mass is 14.2. The fraction of sp³-hybridized carbons (Fsp3) is 0. The molecule has 0 saturated heterocycles. The normalized spacial score (nSPS) is 11.7. The molecule has 0 unspecified atom stereocenters. The molecular weight excluding hydrogens is 841 g/mol. The summed E-state index contributed by atoms with van der Waals surface area (Å²) in [6.07, 6.45) is 0. The monoisotopic (exact) mass is 884 g/mol. The first-order valence-electron chi connectivity index (χ1n) is 24.3. The maximum absolute atomic E-state index is 2.45. The van der Waals surface area contributed by atoms with Gasteiger partial charge in [-0.1, -0.05) is 231 Å². The van der Waals surface area contributed by atoms with Gasteiger partial charge in [0.2, 0.25) is 0 Å². The van der Waals surface area contributed by atoms with Gasteiger partial charge in [0.05, 0.1) is 0 Å². The molecule has 0 fully saturated rings. The summed E-state index contributed by atoms with van der Waals surface area (Å²) in [5.41, 5.74) is 14.7. The first-order valence-corrected chi connectivity index (χ1v) is 24.3. The highest BCUT2D eigenvalue weighted by Crippen LogP contribution is 2.45. The predicted octanol–water partition coefficient (Wildman–Crippen LogP) is 19.8. The fourth-order valence-electron chi connectivity index (χ4n) is 11.5. The topological polar surface area (TPSA) is 0 Å². The zero-order valence-electron chi connectivity index (χ0n) is 38.4. The van der Waals surface area contributed by atoms with Crippen LogP contribution in [0.3, 0.4) is 0 Å². The quantitative estimate of drug-likeness (QED) is 0.146. The van der Waals surface area contributed by atoms with E-state index in [-0.39, 0.29) is 0 Å². The van der Waals surface area contributed by atoms with E-state index in [1.165, 1.54) is 142 Å². The summed E-state index contributed by atoms with van der Waals surface area (Å²) in [7, 11) is 0. The Hall–Kier alpha value is -9.10. The Morgan fingerprint density at radius 3 is 0.757 bits per heavy atom. The molecule has 0 aliphatic heterocycles. The Bertz CT molecular complexity index is 4130. The van der Waals surface area contributed by atoms with Gasteiger partial charge in [-0.25, -0.2) is 0 Å². The van der Waals surface area contributed by atoms with Crippen molar-refractivity contribution in [2.45, 2.75) is 0 Å². The third-order valence-electron chi connectivity index (χ3n) is 14.8. The van der Waals surface area contributed by atoms with Gasteiger partial charge < -0.3 is 0 Å². The van der Waals surface area contributed by atoms with Crippen LogP contribution in [0.2, 0.25) is 0 Å². The summed E-state index contributed by atoms with van der Waals surface area (Å²) >= 11 is 0. The average Bonchev–Trinajstić information content (AvgIpc) is 3.44. The van der Waals surface area contributed by atoms with E-state index < -0.39 is 0 Å². The third-order valence-corrected chi connectivity index (χ3v) is 14.8. The van der Waals surface area contributed by atoms with Crippen LogP contribution >= 0.6 is 0 Å². The molecule has 0 N–H and O–H groups in total. The molecule has 0 aromatic heterocycles. The van der Waals surface area contributed by atoms with Crippen molar-refractivity contribution in [1.29, 1.82) is 0 Å². The lowest BCUT2D eigenvalue weighted by Crippen LogP contribution is -1.91. The highest BCUT2D eigenvalue weighted by Gasteiger charge is 2.18. The maximum Gasteiger partial charge on any atom is -0.00923 e. The van der Waals surface area contributed by atoms with Crippen molar-refractivity contribution in [3.63, 3.8) is 0 Å². The van der Waals surface area contributed by atoms with Crippen LogP contribution in [0, 0.1) is 0 Å². The van der Waals surface area contributed by atoms with Crippen LogP contribution in [-0.2, 0) is 0 Å². The van der Waals surface area contributed by atoms with Crippen molar-refractivity contribution in [1.82, 2.24) is 0 Å². The van der Waals surface area contributed by atoms with Crippen LogP contribution < -0.4 is 0 Å². The molecule has 0 saturated carbocycles. The van der Waals surface area contributed by atoms with Gasteiger partial charge in [0.1, 0.15) is 0 Å². The smallest absolute Gasteiger partial charge is 0.00923 e. The van der Waals surface area contributed by atoms with Gasteiger partial charge >= 0.3 is 0 Å². The number of rotatable bonds is 6. The lowest BCUT2D eigenvalue weighted by molar-refractivity contribution is 1.62. The van der Waals surface area contributed by atoms with E-state index in [0.29, 0.717) is 0 Å². The first kappa shape index (κ1) is 40.0. The summed E-state index contributed by atoms with van der Waals surface area (Å²) < 4.78 is 0. The molecule has 0 nitrogen and oxygen atoms in total. The molecule has 0 aliphatic rings. The maximum atomic E-state index is 2.45. The molecule has 14 rings (SSSR count). The Labute approximate surface area is 407 Å². The Morgan fingerprint density at radius 2 is 0.400 bits per heavy atom. The van der Waals surface area contributed by atoms with Crippen LogP contribution in [0.1, 0.15) is 0 Å². The van der Waals surface area contributed by atoms with Gasteiger partial charge in [0.15, 0.2) is 0 Å². The van der Waals surface area contributed by atoms with Crippen molar-refractivity contribution in [3.8, 4) is 66.8 Å². The summed E-state index contributed by atoms with van der Waals surface area (Å²) in [6.45, 7) is 0. The van der Waals surface area contributed by atoms with Gasteiger partial charge in [-0.2, -0.15) is 0 Å². The molecule has 14 aromatic rings. The van der Waals surface area contributed by atoms with Crippen LogP contribution in [0.4, 0.5) is 0 Å². The summed E-state index contributed by atoms with van der Waals surface area (Å²) in [5.74, 6) is 0. The fourth-order valence-corrected chi connectivity index (χ4v) is 11.5. The molecule has 70 heavy (non-hydrogen) atoms. The number of benzene rings is 14. The largest absolute Gasteiger partial charge is 0.0616 e. The number of hydrogen-bond donors (Lipinski definition) is 0. The molecule has 14 aromatic carbocycles. The zero-order valence-corrected chi connectivity index (χ0v) is 38.4. The lowest BCUT2D eigenvalue weighted by Gasteiger charge is -2.17. The Balaban J connectivity index is 0.886. The van der Waals surface area contributed by atoms with E-state index in [4.69, 9.17) is 0 Å². The second-order valence-corrected chi connectivity index (χ2v) is 18.7. The van der Waals surface area contributed by atoms with Crippen molar-refractivity contribution in [3.05, 3.63) is 267 Å². The third kappa shape index (κ3) is 6.61. The number of hydrogen-bond acceptors (Lipinski definition) is 0. The SMILES string of the molecule is c1cc(-c2ccc(-c3ccc4ccccc4c3)c3ccccc23)cc(-c2cc3c4ccccc4c(-c4cccc(-c5ccc(-c6ccc7ccccc7c6)c6ccccc56)c4)cc3c3ccccc23)c1.